The van der Waals surface area contributed by atoms with Gasteiger partial charge < -0.3 is 14.5 Å². The first-order valence-corrected chi connectivity index (χ1v) is 10.2. The lowest BCUT2D eigenvalue weighted by Gasteiger charge is -2.12. The normalized spacial score (nSPS) is 14.0. The average molecular weight is 389 g/mol. The Hall–Kier alpha value is -3.01. The third-order valence-corrected chi connectivity index (χ3v) is 5.70. The first-order valence-electron chi connectivity index (χ1n) is 10.2. The number of carbonyl (C=O) groups excluding carboxylic acids is 1. The maximum absolute atomic E-state index is 12.7. The van der Waals surface area contributed by atoms with Crippen LogP contribution < -0.4 is 10.1 Å². The van der Waals surface area contributed by atoms with Crippen molar-refractivity contribution in [3.8, 4) is 5.75 Å². The summed E-state index contributed by atoms with van der Waals surface area (Å²) in [6, 6.07) is 10.1. The molecule has 3 aromatic rings. The first kappa shape index (κ1) is 19.3. The van der Waals surface area contributed by atoms with E-state index >= 15 is 0 Å². The van der Waals surface area contributed by atoms with Gasteiger partial charge in [-0.05, 0) is 68.9 Å². The van der Waals surface area contributed by atoms with Crippen LogP contribution in [0.3, 0.4) is 0 Å². The Morgan fingerprint density at radius 3 is 2.72 bits per heavy atom. The van der Waals surface area contributed by atoms with E-state index in [2.05, 4.69) is 11.4 Å². The van der Waals surface area contributed by atoms with E-state index in [0.29, 0.717) is 0 Å². The molecule has 1 amide bonds. The predicted molar refractivity (Wildman–Crippen MR) is 118 cm³/mol. The fourth-order valence-electron chi connectivity index (χ4n) is 4.08. The van der Waals surface area contributed by atoms with Gasteiger partial charge >= 0.3 is 0 Å². The summed E-state index contributed by atoms with van der Waals surface area (Å²) in [6.45, 7) is 5.95. The zero-order valence-corrected chi connectivity index (χ0v) is 17.5. The van der Waals surface area contributed by atoms with E-state index in [1.165, 1.54) is 18.4 Å². The van der Waals surface area contributed by atoms with Gasteiger partial charge in [-0.25, -0.2) is 0 Å². The zero-order chi connectivity index (χ0) is 20.5. The number of hydrogen-bond acceptors (Lipinski definition) is 3. The van der Waals surface area contributed by atoms with Crippen molar-refractivity contribution >= 4 is 28.1 Å². The molecular weight excluding hydrogens is 362 g/mol. The van der Waals surface area contributed by atoms with E-state index in [9.17, 15) is 4.79 Å². The van der Waals surface area contributed by atoms with E-state index < -0.39 is 0 Å². The minimum atomic E-state index is -0.146. The van der Waals surface area contributed by atoms with Gasteiger partial charge in [0.25, 0.3) is 0 Å². The number of hydrogen-bond donors (Lipinski definition) is 1. The lowest BCUT2D eigenvalue weighted by atomic mass is 9.94. The molecule has 29 heavy (non-hydrogen) atoms. The molecule has 4 rings (SSSR count). The van der Waals surface area contributed by atoms with Crippen LogP contribution in [0, 0.1) is 13.8 Å². The molecule has 0 aliphatic heterocycles. The van der Waals surface area contributed by atoms with Crippen molar-refractivity contribution in [3.63, 3.8) is 0 Å². The minimum absolute atomic E-state index is 0.146. The number of rotatable bonds is 4. The number of benzene rings is 2. The van der Waals surface area contributed by atoms with Gasteiger partial charge in [-0.2, -0.15) is 0 Å². The lowest BCUT2D eigenvalue weighted by molar-refractivity contribution is -0.111. The smallest absolute Gasteiger partial charge is 0.248 e. The van der Waals surface area contributed by atoms with E-state index in [1.807, 2.05) is 45.0 Å². The Bertz CT molecular complexity index is 1120. The molecule has 0 radical (unpaired) electrons. The van der Waals surface area contributed by atoms with Crippen LogP contribution in [0.4, 0.5) is 5.69 Å². The maximum atomic E-state index is 12.7. The topological polar surface area (TPSA) is 51.5 Å². The quantitative estimate of drug-likeness (QED) is 0.559. The Labute approximate surface area is 171 Å². The molecule has 4 heteroatoms. The van der Waals surface area contributed by atoms with Crippen LogP contribution in [-0.4, -0.2) is 13.0 Å². The molecule has 4 nitrogen and oxygen atoms in total. The molecule has 0 saturated heterocycles. The van der Waals surface area contributed by atoms with Crippen molar-refractivity contribution in [1.82, 2.24) is 0 Å². The van der Waals surface area contributed by atoms with Crippen molar-refractivity contribution < 1.29 is 13.9 Å². The van der Waals surface area contributed by atoms with Crippen LogP contribution in [0.2, 0.25) is 0 Å². The summed E-state index contributed by atoms with van der Waals surface area (Å²) in [5.74, 6) is 1.67. The fraction of sp³-hybridized carbons (Fsp3) is 0.320. The number of carbonyl (C=O) groups is 1. The highest BCUT2D eigenvalue weighted by atomic mass is 16.5. The lowest BCUT2D eigenvalue weighted by Crippen LogP contribution is -2.10. The van der Waals surface area contributed by atoms with Crippen molar-refractivity contribution in [2.24, 2.45) is 0 Å². The van der Waals surface area contributed by atoms with E-state index in [0.717, 1.165) is 63.3 Å². The average Bonchev–Trinajstić information content (AvgIpc) is 3.07. The van der Waals surface area contributed by atoms with E-state index in [4.69, 9.17) is 9.15 Å². The highest BCUT2D eigenvalue weighted by Gasteiger charge is 2.20. The highest BCUT2D eigenvalue weighted by Crippen LogP contribution is 2.37. The first-order chi connectivity index (χ1) is 14.0. The predicted octanol–water partition coefficient (Wildman–Crippen LogP) is 5.98. The molecule has 0 unspecified atom stereocenters. The number of methoxy groups -OCH3 is 1. The molecular formula is C25H27NO3. The molecule has 0 saturated carbocycles. The zero-order valence-electron chi connectivity index (χ0n) is 17.5. The van der Waals surface area contributed by atoms with Gasteiger partial charge in [0.15, 0.2) is 0 Å². The molecule has 2 aromatic carbocycles. The van der Waals surface area contributed by atoms with Gasteiger partial charge in [0.05, 0.1) is 7.11 Å². The second kappa shape index (κ2) is 7.78. The van der Waals surface area contributed by atoms with Gasteiger partial charge in [0.2, 0.25) is 5.91 Å². The molecule has 1 aromatic heterocycles. The number of nitrogens with one attached hydrogen (secondary N) is 1. The fourth-order valence-corrected chi connectivity index (χ4v) is 4.08. The van der Waals surface area contributed by atoms with Crippen LogP contribution in [0.5, 0.6) is 5.75 Å². The van der Waals surface area contributed by atoms with Crippen LogP contribution in [0.25, 0.3) is 16.5 Å². The molecule has 1 aliphatic rings. The summed E-state index contributed by atoms with van der Waals surface area (Å²) in [4.78, 5) is 12.7. The van der Waals surface area contributed by atoms with E-state index in [-0.39, 0.29) is 5.91 Å². The number of fused-ring (bicyclic) bond motifs is 3. The van der Waals surface area contributed by atoms with Crippen molar-refractivity contribution in [2.75, 3.05) is 12.4 Å². The number of allylic oxidation sites excluding steroid dienone is 1. The minimum Gasteiger partial charge on any atom is -0.496 e. The third kappa shape index (κ3) is 3.80. The van der Waals surface area contributed by atoms with Crippen LogP contribution in [0.15, 0.2) is 40.8 Å². The van der Waals surface area contributed by atoms with E-state index in [1.54, 1.807) is 13.2 Å². The molecule has 1 aliphatic carbocycles. The second-order valence-corrected chi connectivity index (χ2v) is 7.89. The molecule has 0 spiro atoms. The molecule has 0 fully saturated rings. The summed E-state index contributed by atoms with van der Waals surface area (Å²) in [6.07, 6.45) is 6.04. The molecule has 1 N–H and O–H groups in total. The summed E-state index contributed by atoms with van der Waals surface area (Å²) in [5, 5.41) is 4.13. The number of ether oxygens (including phenoxy) is 1. The van der Waals surface area contributed by atoms with Gasteiger partial charge in [0, 0.05) is 40.8 Å². The van der Waals surface area contributed by atoms with Crippen molar-refractivity contribution in [3.05, 3.63) is 64.4 Å². The van der Waals surface area contributed by atoms with Crippen LogP contribution in [-0.2, 0) is 17.6 Å². The summed E-state index contributed by atoms with van der Waals surface area (Å²) < 4.78 is 11.7. The van der Waals surface area contributed by atoms with Crippen LogP contribution >= 0.6 is 0 Å². The number of amides is 1. The Morgan fingerprint density at radius 1 is 1.14 bits per heavy atom. The van der Waals surface area contributed by atoms with Gasteiger partial charge in [-0.1, -0.05) is 12.1 Å². The summed E-state index contributed by atoms with van der Waals surface area (Å²) in [5.41, 5.74) is 6.95. The Morgan fingerprint density at radius 2 is 1.93 bits per heavy atom. The van der Waals surface area contributed by atoms with Gasteiger partial charge in [-0.15, -0.1) is 0 Å². The second-order valence-electron chi connectivity index (χ2n) is 7.89. The molecule has 1 heterocycles. The largest absolute Gasteiger partial charge is 0.496 e. The van der Waals surface area contributed by atoms with Crippen LogP contribution in [0.1, 0.15) is 47.8 Å². The molecule has 0 bridgehead atoms. The maximum Gasteiger partial charge on any atom is 0.248 e. The number of furan rings is 1. The van der Waals surface area contributed by atoms with Gasteiger partial charge in [-0.3, -0.25) is 4.79 Å². The number of aryl methyl sites for hydroxylation is 4. The Balaban J connectivity index is 1.68. The van der Waals surface area contributed by atoms with Gasteiger partial charge in [0.1, 0.15) is 17.1 Å². The summed E-state index contributed by atoms with van der Waals surface area (Å²) >= 11 is 0. The monoisotopic (exact) mass is 389 g/mol. The van der Waals surface area contributed by atoms with Crippen molar-refractivity contribution in [2.45, 2.75) is 46.5 Å². The SMILES string of the molecule is COc1cc2oc3c(c2cc1/C(C)=C/C(=O)Nc1cc(C)ccc1C)CCCC3. The summed E-state index contributed by atoms with van der Waals surface area (Å²) in [7, 11) is 1.65. The number of anilines is 1. The standard InChI is InChI=1S/C25H27NO3/c1-15-9-10-16(2)21(11-15)26-25(27)12-17(3)19-13-20-18-7-5-6-8-22(18)29-24(20)14-23(19)28-4/h9-14H,5-8H2,1-4H3,(H,26,27)/b17-12+. The molecule has 150 valence electrons. The third-order valence-electron chi connectivity index (χ3n) is 5.70. The Kier molecular flexibility index (Phi) is 5.18. The van der Waals surface area contributed by atoms with Crippen molar-refractivity contribution in [1.29, 1.82) is 0 Å². The molecule has 0 atom stereocenters. The highest BCUT2D eigenvalue weighted by molar-refractivity contribution is 6.05.